The highest BCUT2D eigenvalue weighted by molar-refractivity contribution is 7.17. The van der Waals surface area contributed by atoms with Crippen molar-refractivity contribution in [2.75, 3.05) is 37.4 Å². The summed E-state index contributed by atoms with van der Waals surface area (Å²) in [5, 5.41) is 6.80. The van der Waals surface area contributed by atoms with Crippen molar-refractivity contribution in [1.29, 1.82) is 0 Å². The number of ether oxygens (including phenoxy) is 1. The van der Waals surface area contributed by atoms with Crippen molar-refractivity contribution in [2.24, 2.45) is 11.3 Å². The van der Waals surface area contributed by atoms with Gasteiger partial charge in [0.2, 0.25) is 5.91 Å². The molecule has 1 aromatic carbocycles. The number of hydrogen-bond acceptors (Lipinski definition) is 5. The van der Waals surface area contributed by atoms with Gasteiger partial charge in [-0.15, -0.1) is 11.3 Å². The fraction of sp³-hybridized carbons (Fsp3) is 0.538. The molecule has 0 radical (unpaired) electrons. The maximum absolute atomic E-state index is 13.4. The van der Waals surface area contributed by atoms with E-state index in [1.54, 1.807) is 18.4 Å². The fourth-order valence-electron chi connectivity index (χ4n) is 4.83. The number of nitrogens with one attached hydrogen (secondary N) is 2. The number of carbonyl (C=O) groups is 2. The van der Waals surface area contributed by atoms with Gasteiger partial charge < -0.3 is 15.4 Å². The van der Waals surface area contributed by atoms with E-state index in [9.17, 15) is 9.59 Å². The molecule has 0 saturated carbocycles. The van der Waals surface area contributed by atoms with Crippen LogP contribution in [-0.4, -0.2) is 43.5 Å². The van der Waals surface area contributed by atoms with E-state index in [1.807, 2.05) is 24.3 Å². The lowest BCUT2D eigenvalue weighted by molar-refractivity contribution is -0.117. The van der Waals surface area contributed by atoms with Gasteiger partial charge in [-0.3, -0.25) is 14.5 Å². The molecule has 1 aliphatic carbocycles. The van der Waals surface area contributed by atoms with Gasteiger partial charge >= 0.3 is 0 Å². The molecule has 1 saturated heterocycles. The molecule has 33 heavy (non-hydrogen) atoms. The summed E-state index contributed by atoms with van der Waals surface area (Å²) in [5.41, 5.74) is 2.65. The van der Waals surface area contributed by atoms with Crippen LogP contribution in [0.15, 0.2) is 24.3 Å². The number of amides is 2. The van der Waals surface area contributed by atoms with E-state index in [-0.39, 0.29) is 17.2 Å². The molecule has 7 heteroatoms. The van der Waals surface area contributed by atoms with Crippen LogP contribution in [0.25, 0.3) is 0 Å². The zero-order valence-corrected chi connectivity index (χ0v) is 20.9. The minimum Gasteiger partial charge on any atom is -0.497 e. The van der Waals surface area contributed by atoms with Crippen molar-refractivity contribution in [2.45, 2.75) is 52.9 Å². The molecule has 1 atom stereocenters. The number of carbonyl (C=O) groups excluding carboxylic acids is 2. The van der Waals surface area contributed by atoms with E-state index >= 15 is 0 Å². The van der Waals surface area contributed by atoms with Gasteiger partial charge in [-0.1, -0.05) is 20.8 Å². The van der Waals surface area contributed by atoms with E-state index in [0.717, 1.165) is 56.5 Å². The molecule has 0 spiro atoms. The van der Waals surface area contributed by atoms with Crippen molar-refractivity contribution in [3.8, 4) is 5.75 Å². The summed E-state index contributed by atoms with van der Waals surface area (Å²) in [6.07, 6.45) is 5.15. The highest BCUT2D eigenvalue weighted by Crippen LogP contribution is 2.44. The highest BCUT2D eigenvalue weighted by atomic mass is 32.1. The van der Waals surface area contributed by atoms with Crippen LogP contribution in [0.4, 0.5) is 10.7 Å². The largest absolute Gasteiger partial charge is 0.497 e. The number of fused-ring (bicyclic) bond motifs is 1. The molecule has 2 N–H and O–H groups in total. The molecular weight excluding hydrogens is 434 g/mol. The Balaban J connectivity index is 1.59. The van der Waals surface area contributed by atoms with Crippen LogP contribution in [-0.2, 0) is 17.6 Å². The number of likely N-dealkylation sites (tertiary alicyclic amines) is 1. The quantitative estimate of drug-likeness (QED) is 0.610. The maximum Gasteiger partial charge on any atom is 0.258 e. The average molecular weight is 470 g/mol. The molecule has 1 fully saturated rings. The Hall–Kier alpha value is -2.38. The van der Waals surface area contributed by atoms with E-state index in [2.05, 4.69) is 36.3 Å². The lowest BCUT2D eigenvalue weighted by Gasteiger charge is -2.33. The lowest BCUT2D eigenvalue weighted by Crippen LogP contribution is -2.31. The monoisotopic (exact) mass is 469 g/mol. The van der Waals surface area contributed by atoms with Gasteiger partial charge in [0.1, 0.15) is 10.8 Å². The molecule has 2 aromatic rings. The van der Waals surface area contributed by atoms with Crippen LogP contribution >= 0.6 is 11.3 Å². The first kappa shape index (κ1) is 23.8. The SMILES string of the molecule is COc1ccc(NC(=O)c2c(NC(=O)CN3CCCC3)sc3c2CC[C@@H](C(C)(C)C)C3)cc1. The number of methoxy groups -OCH3 is 1. The smallest absolute Gasteiger partial charge is 0.258 e. The van der Waals surface area contributed by atoms with E-state index in [4.69, 9.17) is 4.74 Å². The first-order chi connectivity index (χ1) is 15.7. The highest BCUT2D eigenvalue weighted by Gasteiger charge is 2.34. The van der Waals surface area contributed by atoms with Gasteiger partial charge in [-0.05, 0) is 86.4 Å². The average Bonchev–Trinajstić information content (AvgIpc) is 3.40. The Morgan fingerprint density at radius 2 is 1.82 bits per heavy atom. The second-order valence-corrected chi connectivity index (χ2v) is 11.3. The molecule has 6 nitrogen and oxygen atoms in total. The van der Waals surface area contributed by atoms with Gasteiger partial charge in [0.05, 0.1) is 19.2 Å². The van der Waals surface area contributed by atoms with Crippen LogP contribution in [0.5, 0.6) is 5.75 Å². The standard InChI is InChI=1S/C26H35N3O3S/c1-26(2,3)17-7-12-20-21(15-17)33-25(28-22(30)16-29-13-5-6-14-29)23(20)24(31)27-18-8-10-19(32-4)11-9-18/h8-11,17H,5-7,12-16H2,1-4H3,(H,27,31)(H,28,30)/t17-/m1/s1. The Bertz CT molecular complexity index is 1000. The van der Waals surface area contributed by atoms with Crippen molar-refractivity contribution >= 4 is 33.8 Å². The maximum atomic E-state index is 13.4. The molecule has 2 aliphatic rings. The predicted octanol–water partition coefficient (Wildman–Crippen LogP) is 5.19. The second-order valence-electron chi connectivity index (χ2n) is 10.2. The molecular formula is C26H35N3O3S. The van der Waals surface area contributed by atoms with E-state index in [1.165, 1.54) is 4.88 Å². The summed E-state index contributed by atoms with van der Waals surface area (Å²) in [7, 11) is 1.62. The molecule has 0 unspecified atom stereocenters. The Kier molecular flexibility index (Phi) is 7.10. The van der Waals surface area contributed by atoms with Gasteiger partial charge in [-0.25, -0.2) is 0 Å². The fourth-order valence-corrected chi connectivity index (χ4v) is 6.17. The van der Waals surface area contributed by atoms with Crippen molar-refractivity contribution in [1.82, 2.24) is 4.90 Å². The topological polar surface area (TPSA) is 70.7 Å². The Morgan fingerprint density at radius 3 is 2.45 bits per heavy atom. The number of thiophene rings is 1. The molecule has 2 amide bonds. The first-order valence-electron chi connectivity index (χ1n) is 11.9. The minimum atomic E-state index is -0.164. The molecule has 1 aromatic heterocycles. The summed E-state index contributed by atoms with van der Waals surface area (Å²) >= 11 is 1.58. The minimum absolute atomic E-state index is 0.0404. The summed E-state index contributed by atoms with van der Waals surface area (Å²) in [6, 6.07) is 7.31. The first-order valence-corrected chi connectivity index (χ1v) is 12.7. The number of hydrogen-bond donors (Lipinski definition) is 2. The second kappa shape index (κ2) is 9.85. The van der Waals surface area contributed by atoms with Crippen LogP contribution in [0.2, 0.25) is 0 Å². The van der Waals surface area contributed by atoms with Gasteiger partial charge in [0.25, 0.3) is 5.91 Å². The van der Waals surface area contributed by atoms with E-state index < -0.39 is 0 Å². The molecule has 0 bridgehead atoms. The number of anilines is 2. The zero-order valence-electron chi connectivity index (χ0n) is 20.1. The number of benzene rings is 1. The van der Waals surface area contributed by atoms with Crippen molar-refractivity contribution < 1.29 is 14.3 Å². The lowest BCUT2D eigenvalue weighted by atomic mass is 9.72. The van der Waals surface area contributed by atoms with Crippen LogP contribution in [0, 0.1) is 11.3 Å². The van der Waals surface area contributed by atoms with Gasteiger partial charge in [0, 0.05) is 10.6 Å². The van der Waals surface area contributed by atoms with Gasteiger partial charge in [0.15, 0.2) is 0 Å². The molecule has 1 aliphatic heterocycles. The Morgan fingerprint density at radius 1 is 1.12 bits per heavy atom. The van der Waals surface area contributed by atoms with Crippen molar-refractivity contribution in [3.63, 3.8) is 0 Å². The summed E-state index contributed by atoms with van der Waals surface area (Å²) < 4.78 is 5.21. The summed E-state index contributed by atoms with van der Waals surface area (Å²) in [5.74, 6) is 1.10. The normalized spacial score (nSPS) is 18.6. The van der Waals surface area contributed by atoms with Crippen LogP contribution in [0.3, 0.4) is 0 Å². The predicted molar refractivity (Wildman–Crippen MR) is 135 cm³/mol. The van der Waals surface area contributed by atoms with Crippen molar-refractivity contribution in [3.05, 3.63) is 40.3 Å². The third kappa shape index (κ3) is 5.58. The number of rotatable bonds is 6. The van der Waals surface area contributed by atoms with Crippen LogP contribution in [0.1, 0.15) is 60.8 Å². The molecule has 178 valence electrons. The third-order valence-corrected chi connectivity index (χ3v) is 8.05. The third-order valence-electron chi connectivity index (χ3n) is 6.88. The Labute approximate surface area is 200 Å². The molecule has 4 rings (SSSR count). The van der Waals surface area contributed by atoms with E-state index in [0.29, 0.717) is 28.7 Å². The number of nitrogens with zero attached hydrogens (tertiary/aromatic N) is 1. The zero-order chi connectivity index (χ0) is 23.6. The summed E-state index contributed by atoms with van der Waals surface area (Å²) in [6.45, 7) is 9.16. The summed E-state index contributed by atoms with van der Waals surface area (Å²) in [4.78, 5) is 29.7. The van der Waals surface area contributed by atoms with Crippen LogP contribution < -0.4 is 15.4 Å². The molecule has 2 heterocycles. The van der Waals surface area contributed by atoms with Gasteiger partial charge in [-0.2, -0.15) is 0 Å².